The maximum Gasteiger partial charge on any atom is 0.00666 e. The van der Waals surface area contributed by atoms with Gasteiger partial charge in [-0.05, 0) is 25.8 Å². The monoisotopic (exact) mass is 163 g/mol. The lowest BCUT2D eigenvalue weighted by Gasteiger charge is -2.25. The zero-order chi connectivity index (χ0) is 6.69. The van der Waals surface area contributed by atoms with E-state index in [0.717, 1.165) is 12.0 Å². The van der Waals surface area contributed by atoms with Gasteiger partial charge in [0.25, 0.3) is 0 Å². The topological polar surface area (TPSA) is 12.0 Å². The van der Waals surface area contributed by atoms with Gasteiger partial charge in [-0.25, -0.2) is 0 Å². The van der Waals surface area contributed by atoms with Crippen LogP contribution in [0.4, 0.5) is 0 Å². The molecule has 0 aromatic rings. The Labute approximate surface area is 70.0 Å². The van der Waals surface area contributed by atoms with Crippen LogP contribution in [0, 0.1) is 5.92 Å². The minimum Gasteiger partial charge on any atom is -0.317 e. The highest BCUT2D eigenvalue weighted by molar-refractivity contribution is 5.85. The largest absolute Gasteiger partial charge is 0.317 e. The Bertz CT molecular complexity index is 85.3. The molecule has 1 aliphatic carbocycles. The summed E-state index contributed by atoms with van der Waals surface area (Å²) >= 11 is 0. The van der Waals surface area contributed by atoms with E-state index in [1.807, 2.05) is 0 Å². The number of rotatable bonds is 1. The molecule has 0 amide bonds. The van der Waals surface area contributed by atoms with Crippen molar-refractivity contribution >= 4 is 12.4 Å². The van der Waals surface area contributed by atoms with Crippen molar-refractivity contribution in [2.75, 3.05) is 7.05 Å². The SMILES string of the molecule is CNC1CCCC(C)C1.Cl. The van der Waals surface area contributed by atoms with Crippen LogP contribution in [0.1, 0.15) is 32.6 Å². The molecule has 0 heterocycles. The minimum atomic E-state index is 0. The number of nitrogens with one attached hydrogen (secondary N) is 1. The van der Waals surface area contributed by atoms with Gasteiger partial charge in [0.1, 0.15) is 0 Å². The molecule has 1 fully saturated rings. The van der Waals surface area contributed by atoms with E-state index < -0.39 is 0 Å². The third kappa shape index (κ3) is 2.89. The highest BCUT2D eigenvalue weighted by Crippen LogP contribution is 2.22. The van der Waals surface area contributed by atoms with Crippen molar-refractivity contribution in [1.29, 1.82) is 0 Å². The van der Waals surface area contributed by atoms with Crippen LogP contribution in [0.5, 0.6) is 0 Å². The lowest BCUT2D eigenvalue weighted by molar-refractivity contribution is 0.314. The van der Waals surface area contributed by atoms with Gasteiger partial charge in [0.2, 0.25) is 0 Å². The Morgan fingerprint density at radius 2 is 2.00 bits per heavy atom. The second-order valence-corrected chi connectivity index (χ2v) is 3.26. The fourth-order valence-corrected chi connectivity index (χ4v) is 1.70. The van der Waals surface area contributed by atoms with E-state index in [1.54, 1.807) is 0 Å². The van der Waals surface area contributed by atoms with E-state index in [9.17, 15) is 0 Å². The molecule has 0 aromatic heterocycles. The molecule has 2 unspecified atom stereocenters. The summed E-state index contributed by atoms with van der Waals surface area (Å²) in [5, 5.41) is 3.33. The van der Waals surface area contributed by atoms with Crippen molar-refractivity contribution in [1.82, 2.24) is 5.32 Å². The summed E-state index contributed by atoms with van der Waals surface area (Å²) in [6, 6.07) is 0.814. The van der Waals surface area contributed by atoms with Crippen molar-refractivity contribution in [3.05, 3.63) is 0 Å². The Morgan fingerprint density at radius 1 is 1.30 bits per heavy atom. The van der Waals surface area contributed by atoms with Crippen LogP contribution in [0.25, 0.3) is 0 Å². The van der Waals surface area contributed by atoms with Gasteiger partial charge in [0.15, 0.2) is 0 Å². The zero-order valence-corrected chi connectivity index (χ0v) is 7.71. The molecule has 2 atom stereocenters. The summed E-state index contributed by atoms with van der Waals surface area (Å²) in [6.07, 6.45) is 5.64. The second-order valence-electron chi connectivity index (χ2n) is 3.26. The highest BCUT2D eigenvalue weighted by Gasteiger charge is 2.16. The molecule has 62 valence electrons. The summed E-state index contributed by atoms with van der Waals surface area (Å²) < 4.78 is 0. The van der Waals surface area contributed by atoms with Crippen LogP contribution in [0.2, 0.25) is 0 Å². The Kier molecular flexibility index (Phi) is 5.10. The summed E-state index contributed by atoms with van der Waals surface area (Å²) in [5.41, 5.74) is 0. The van der Waals surface area contributed by atoms with Gasteiger partial charge >= 0.3 is 0 Å². The average Bonchev–Trinajstić information content (AvgIpc) is 1.88. The van der Waals surface area contributed by atoms with E-state index >= 15 is 0 Å². The van der Waals surface area contributed by atoms with E-state index in [2.05, 4.69) is 19.3 Å². The first kappa shape index (κ1) is 10.2. The fraction of sp³-hybridized carbons (Fsp3) is 1.00. The first-order chi connectivity index (χ1) is 4.33. The first-order valence-corrected chi connectivity index (χ1v) is 4.00. The standard InChI is InChI=1S/C8H17N.ClH/c1-7-4-3-5-8(6-7)9-2;/h7-9H,3-6H2,1-2H3;1H. The van der Waals surface area contributed by atoms with Crippen molar-refractivity contribution in [3.8, 4) is 0 Å². The number of hydrogen-bond acceptors (Lipinski definition) is 1. The van der Waals surface area contributed by atoms with Crippen molar-refractivity contribution in [2.24, 2.45) is 5.92 Å². The molecule has 10 heavy (non-hydrogen) atoms. The zero-order valence-electron chi connectivity index (χ0n) is 6.89. The Hall–Kier alpha value is 0.250. The molecule has 2 heteroatoms. The average molecular weight is 164 g/mol. The molecular formula is C8H18ClN. The third-order valence-corrected chi connectivity index (χ3v) is 2.34. The highest BCUT2D eigenvalue weighted by atomic mass is 35.5. The predicted octanol–water partition coefficient (Wildman–Crippen LogP) is 2.21. The van der Waals surface area contributed by atoms with Gasteiger partial charge in [-0.3, -0.25) is 0 Å². The molecular weight excluding hydrogens is 146 g/mol. The maximum absolute atomic E-state index is 3.33. The van der Waals surface area contributed by atoms with Gasteiger partial charge in [-0.2, -0.15) is 0 Å². The molecule has 0 radical (unpaired) electrons. The smallest absolute Gasteiger partial charge is 0.00666 e. The van der Waals surface area contributed by atoms with Crippen molar-refractivity contribution in [3.63, 3.8) is 0 Å². The van der Waals surface area contributed by atoms with E-state index in [4.69, 9.17) is 0 Å². The molecule has 0 aromatic carbocycles. The quantitative estimate of drug-likeness (QED) is 0.625. The lowest BCUT2D eigenvalue weighted by Crippen LogP contribution is -2.30. The molecule has 1 rings (SSSR count). The molecule has 1 nitrogen and oxygen atoms in total. The van der Waals surface area contributed by atoms with Gasteiger partial charge in [-0.1, -0.05) is 19.8 Å². The van der Waals surface area contributed by atoms with E-state index in [-0.39, 0.29) is 12.4 Å². The van der Waals surface area contributed by atoms with E-state index in [0.29, 0.717) is 0 Å². The van der Waals surface area contributed by atoms with E-state index in [1.165, 1.54) is 25.7 Å². The van der Waals surface area contributed by atoms with Crippen LogP contribution in [0.15, 0.2) is 0 Å². The lowest BCUT2D eigenvalue weighted by atomic mass is 9.87. The Balaban J connectivity index is 0.000000810. The van der Waals surface area contributed by atoms with Crippen LogP contribution in [-0.4, -0.2) is 13.1 Å². The molecule has 0 spiro atoms. The third-order valence-electron chi connectivity index (χ3n) is 2.34. The summed E-state index contributed by atoms with van der Waals surface area (Å²) in [7, 11) is 2.07. The van der Waals surface area contributed by atoms with Crippen molar-refractivity contribution in [2.45, 2.75) is 38.6 Å². The van der Waals surface area contributed by atoms with Crippen molar-refractivity contribution < 1.29 is 0 Å². The number of halogens is 1. The molecule has 1 N–H and O–H groups in total. The summed E-state index contributed by atoms with van der Waals surface area (Å²) in [6.45, 7) is 2.35. The minimum absolute atomic E-state index is 0. The molecule has 0 bridgehead atoms. The van der Waals surface area contributed by atoms with Crippen LogP contribution >= 0.6 is 12.4 Å². The maximum atomic E-state index is 3.33. The predicted molar refractivity (Wildman–Crippen MR) is 47.7 cm³/mol. The second kappa shape index (κ2) is 4.97. The van der Waals surface area contributed by atoms with Crippen LogP contribution in [0.3, 0.4) is 0 Å². The molecule has 1 saturated carbocycles. The van der Waals surface area contributed by atoms with Gasteiger partial charge in [0, 0.05) is 6.04 Å². The summed E-state index contributed by atoms with van der Waals surface area (Å²) in [5.74, 6) is 0.955. The Morgan fingerprint density at radius 3 is 2.40 bits per heavy atom. The van der Waals surface area contributed by atoms with Gasteiger partial charge in [-0.15, -0.1) is 12.4 Å². The van der Waals surface area contributed by atoms with Crippen LogP contribution < -0.4 is 5.32 Å². The number of hydrogen-bond donors (Lipinski definition) is 1. The fourth-order valence-electron chi connectivity index (χ4n) is 1.70. The van der Waals surface area contributed by atoms with Crippen LogP contribution in [-0.2, 0) is 0 Å². The normalized spacial score (nSPS) is 33.0. The molecule has 0 aliphatic heterocycles. The van der Waals surface area contributed by atoms with Gasteiger partial charge in [0.05, 0.1) is 0 Å². The molecule has 1 aliphatic rings. The molecule has 0 saturated heterocycles. The summed E-state index contributed by atoms with van der Waals surface area (Å²) in [4.78, 5) is 0. The van der Waals surface area contributed by atoms with Gasteiger partial charge < -0.3 is 5.32 Å². The first-order valence-electron chi connectivity index (χ1n) is 4.00.